The topological polar surface area (TPSA) is 86.6 Å². The second-order valence-corrected chi connectivity index (χ2v) is 4.05. The van der Waals surface area contributed by atoms with E-state index in [0.29, 0.717) is 0 Å². The van der Waals surface area contributed by atoms with Crippen LogP contribution in [-0.2, 0) is 16.0 Å². The summed E-state index contributed by atoms with van der Waals surface area (Å²) in [7, 11) is 0. The highest BCUT2D eigenvalue weighted by atomic mass is 19.2. The van der Waals surface area contributed by atoms with Gasteiger partial charge in [0.2, 0.25) is 5.91 Å². The number of benzene rings is 1. The van der Waals surface area contributed by atoms with Gasteiger partial charge in [0.05, 0.1) is 12.5 Å². The molecule has 0 bridgehead atoms. The average molecular weight is 273 g/mol. The van der Waals surface area contributed by atoms with Crippen molar-refractivity contribution in [3.05, 3.63) is 35.4 Å². The van der Waals surface area contributed by atoms with Crippen molar-refractivity contribution in [3.63, 3.8) is 0 Å². The second-order valence-electron chi connectivity index (χ2n) is 4.05. The molecule has 2 unspecified atom stereocenters. The maximum Gasteiger partial charge on any atom is 0.328 e. The molecule has 0 saturated heterocycles. The number of rotatable bonds is 5. The first-order valence-corrected chi connectivity index (χ1v) is 5.45. The van der Waals surface area contributed by atoms with Gasteiger partial charge >= 0.3 is 5.97 Å². The molecule has 0 aliphatic carbocycles. The Morgan fingerprint density at radius 2 is 1.95 bits per heavy atom. The van der Waals surface area contributed by atoms with Crippen LogP contribution in [0.1, 0.15) is 12.5 Å². The molecule has 0 aliphatic rings. The first-order valence-electron chi connectivity index (χ1n) is 5.45. The van der Waals surface area contributed by atoms with Gasteiger partial charge in [0.25, 0.3) is 0 Å². The summed E-state index contributed by atoms with van der Waals surface area (Å²) >= 11 is 0. The molecule has 5 nitrogen and oxygen atoms in total. The third-order valence-corrected chi connectivity index (χ3v) is 2.41. The monoisotopic (exact) mass is 273 g/mol. The summed E-state index contributed by atoms with van der Waals surface area (Å²) in [6.45, 7) is 1.22. The summed E-state index contributed by atoms with van der Waals surface area (Å²) in [4.78, 5) is 22.3. The number of aliphatic hydroxyl groups excluding tert-OH is 1. The van der Waals surface area contributed by atoms with E-state index in [9.17, 15) is 23.5 Å². The van der Waals surface area contributed by atoms with Crippen molar-refractivity contribution >= 4 is 11.9 Å². The van der Waals surface area contributed by atoms with Gasteiger partial charge in [-0.2, -0.15) is 0 Å². The summed E-state index contributed by atoms with van der Waals surface area (Å²) in [5.41, 5.74) is 0.200. The van der Waals surface area contributed by atoms with Gasteiger partial charge in [-0.15, -0.1) is 0 Å². The van der Waals surface area contributed by atoms with Crippen molar-refractivity contribution in [2.45, 2.75) is 25.5 Å². The summed E-state index contributed by atoms with van der Waals surface area (Å²) in [5.74, 6) is -4.21. The minimum absolute atomic E-state index is 0.200. The molecule has 0 heterocycles. The Hall–Kier alpha value is -2.02. The number of aliphatic carboxylic acids is 1. The molecular weight excluding hydrogens is 260 g/mol. The zero-order chi connectivity index (χ0) is 14.6. The minimum atomic E-state index is -1.45. The van der Waals surface area contributed by atoms with Gasteiger partial charge in [-0.1, -0.05) is 6.07 Å². The van der Waals surface area contributed by atoms with Crippen molar-refractivity contribution in [2.75, 3.05) is 0 Å². The zero-order valence-corrected chi connectivity index (χ0v) is 10.1. The first-order chi connectivity index (χ1) is 8.81. The fourth-order valence-electron chi connectivity index (χ4n) is 1.45. The van der Waals surface area contributed by atoms with Crippen molar-refractivity contribution in [3.8, 4) is 0 Å². The predicted octanol–water partition coefficient (Wildman–Crippen LogP) is 0.457. The van der Waals surface area contributed by atoms with Crippen LogP contribution in [-0.4, -0.2) is 34.2 Å². The number of carboxylic acids is 1. The number of halogens is 2. The van der Waals surface area contributed by atoms with Crippen LogP contribution in [0.15, 0.2) is 18.2 Å². The van der Waals surface area contributed by atoms with Crippen LogP contribution in [0, 0.1) is 11.6 Å². The summed E-state index contributed by atoms with van der Waals surface area (Å²) in [6, 6.07) is 1.50. The van der Waals surface area contributed by atoms with Gasteiger partial charge in [0.1, 0.15) is 0 Å². The number of nitrogens with one attached hydrogen (secondary N) is 1. The fourth-order valence-corrected chi connectivity index (χ4v) is 1.45. The van der Waals surface area contributed by atoms with E-state index < -0.39 is 35.7 Å². The van der Waals surface area contributed by atoms with Crippen LogP contribution >= 0.6 is 0 Å². The summed E-state index contributed by atoms with van der Waals surface area (Å²) < 4.78 is 25.6. The molecule has 2 atom stereocenters. The lowest BCUT2D eigenvalue weighted by molar-refractivity contribution is -0.144. The molecule has 3 N–H and O–H groups in total. The van der Waals surface area contributed by atoms with E-state index in [2.05, 4.69) is 5.32 Å². The number of hydrogen-bond donors (Lipinski definition) is 3. The maximum atomic E-state index is 12.9. The van der Waals surface area contributed by atoms with Crippen LogP contribution in [0.25, 0.3) is 0 Å². The van der Waals surface area contributed by atoms with E-state index >= 15 is 0 Å². The number of carbonyl (C=O) groups is 2. The summed E-state index contributed by atoms with van der Waals surface area (Å²) in [5, 5.41) is 20.0. The highest BCUT2D eigenvalue weighted by molar-refractivity contribution is 5.85. The van der Waals surface area contributed by atoms with Crippen molar-refractivity contribution in [1.82, 2.24) is 5.32 Å². The number of aliphatic hydroxyl groups is 1. The summed E-state index contributed by atoms with van der Waals surface area (Å²) in [6.07, 6.45) is -1.58. The lowest BCUT2D eigenvalue weighted by Crippen LogP contribution is -2.48. The molecule has 1 aromatic rings. The third-order valence-electron chi connectivity index (χ3n) is 2.41. The Morgan fingerprint density at radius 1 is 1.32 bits per heavy atom. The van der Waals surface area contributed by atoms with Gasteiger partial charge in [-0.05, 0) is 24.6 Å². The standard InChI is InChI=1S/C12H13F2NO4/c1-6(16)11(12(18)19)15-10(17)5-7-2-3-8(13)9(14)4-7/h2-4,6,11,16H,5H2,1H3,(H,15,17)(H,18,19). The normalized spacial score (nSPS) is 13.7. The number of carboxylic acid groups (broad SMARTS) is 1. The lowest BCUT2D eigenvalue weighted by Gasteiger charge is -2.16. The Labute approximate surface area is 107 Å². The molecule has 0 radical (unpaired) electrons. The van der Waals surface area contributed by atoms with Gasteiger partial charge in [0.15, 0.2) is 17.7 Å². The highest BCUT2D eigenvalue weighted by Crippen LogP contribution is 2.09. The van der Waals surface area contributed by atoms with Crippen LogP contribution in [0.2, 0.25) is 0 Å². The molecule has 0 saturated carbocycles. The molecule has 1 aromatic carbocycles. The number of amides is 1. The van der Waals surface area contributed by atoms with Gasteiger partial charge in [-0.3, -0.25) is 4.79 Å². The average Bonchev–Trinajstić information content (AvgIpc) is 2.30. The van der Waals surface area contributed by atoms with Crippen molar-refractivity contribution < 1.29 is 28.6 Å². The van der Waals surface area contributed by atoms with Gasteiger partial charge < -0.3 is 15.5 Å². The molecule has 19 heavy (non-hydrogen) atoms. The van der Waals surface area contributed by atoms with E-state index in [1.54, 1.807) is 0 Å². The molecule has 0 spiro atoms. The van der Waals surface area contributed by atoms with Crippen LogP contribution < -0.4 is 5.32 Å². The highest BCUT2D eigenvalue weighted by Gasteiger charge is 2.24. The van der Waals surface area contributed by atoms with E-state index in [0.717, 1.165) is 12.1 Å². The van der Waals surface area contributed by atoms with Crippen molar-refractivity contribution in [2.24, 2.45) is 0 Å². The Kier molecular flexibility index (Phi) is 4.94. The largest absolute Gasteiger partial charge is 0.480 e. The number of carbonyl (C=O) groups excluding carboxylic acids is 1. The zero-order valence-electron chi connectivity index (χ0n) is 10.1. The van der Waals surface area contributed by atoms with Crippen LogP contribution in [0.5, 0.6) is 0 Å². The number of hydrogen-bond acceptors (Lipinski definition) is 3. The van der Waals surface area contributed by atoms with Gasteiger partial charge in [0, 0.05) is 0 Å². The smallest absolute Gasteiger partial charge is 0.328 e. The quantitative estimate of drug-likeness (QED) is 0.727. The van der Waals surface area contributed by atoms with Crippen molar-refractivity contribution in [1.29, 1.82) is 0 Å². The molecule has 0 fully saturated rings. The lowest BCUT2D eigenvalue weighted by atomic mass is 10.1. The minimum Gasteiger partial charge on any atom is -0.480 e. The van der Waals surface area contributed by atoms with E-state index in [-0.39, 0.29) is 12.0 Å². The third kappa shape index (κ3) is 4.29. The van der Waals surface area contributed by atoms with E-state index in [4.69, 9.17) is 5.11 Å². The van der Waals surface area contributed by atoms with Crippen LogP contribution in [0.3, 0.4) is 0 Å². The molecule has 104 valence electrons. The SMILES string of the molecule is CC(O)C(NC(=O)Cc1ccc(F)c(F)c1)C(=O)O. The Morgan fingerprint density at radius 3 is 2.42 bits per heavy atom. The molecule has 0 aliphatic heterocycles. The first kappa shape index (κ1) is 15.0. The second kappa shape index (κ2) is 6.24. The maximum absolute atomic E-state index is 12.9. The van der Waals surface area contributed by atoms with E-state index in [1.165, 1.54) is 13.0 Å². The van der Waals surface area contributed by atoms with E-state index in [1.807, 2.05) is 0 Å². The van der Waals surface area contributed by atoms with Crippen LogP contribution in [0.4, 0.5) is 8.78 Å². The Balaban J connectivity index is 2.69. The Bertz CT molecular complexity index is 491. The predicted molar refractivity (Wildman–Crippen MR) is 61.3 cm³/mol. The molecular formula is C12H13F2NO4. The molecule has 0 aromatic heterocycles. The molecule has 7 heteroatoms. The van der Waals surface area contributed by atoms with Gasteiger partial charge in [-0.25, -0.2) is 13.6 Å². The molecule has 1 rings (SSSR count). The fraction of sp³-hybridized carbons (Fsp3) is 0.333. The molecule has 1 amide bonds.